The standard InChI is InChI=1S/C55H100O6/c1-4-7-10-13-16-19-22-24-26-28-30-31-33-36-39-42-45-48-54(57)60-51-52(50-59-53(56)47-44-41-38-35-21-18-15-12-9-6-3)61-55(58)49-46-43-40-37-34-32-29-27-25-23-20-17-14-11-8-5-2/h12,15,24,26-27,29,52H,4-11,13-14,16-23,25,28,30-51H2,1-3H3/b15-12-,26-24-,29-27-. The fourth-order valence-electron chi connectivity index (χ4n) is 7.55. The van der Waals surface area contributed by atoms with Crippen molar-refractivity contribution in [2.45, 2.75) is 284 Å². The molecule has 0 radical (unpaired) electrons. The monoisotopic (exact) mass is 857 g/mol. The van der Waals surface area contributed by atoms with Crippen molar-refractivity contribution in [3.05, 3.63) is 36.5 Å². The van der Waals surface area contributed by atoms with Gasteiger partial charge in [0.15, 0.2) is 6.10 Å². The number of rotatable bonds is 48. The molecule has 0 N–H and O–H groups in total. The number of carbonyl (C=O) groups excluding carboxylic acids is 3. The highest BCUT2D eigenvalue weighted by Gasteiger charge is 2.19. The number of allylic oxidation sites excluding steroid dienone is 6. The summed E-state index contributed by atoms with van der Waals surface area (Å²) in [6.07, 6.45) is 58.4. The highest BCUT2D eigenvalue weighted by atomic mass is 16.6. The van der Waals surface area contributed by atoms with Gasteiger partial charge in [-0.1, -0.05) is 205 Å². The fraction of sp³-hybridized carbons (Fsp3) is 0.836. The van der Waals surface area contributed by atoms with Crippen molar-refractivity contribution in [1.82, 2.24) is 0 Å². The summed E-state index contributed by atoms with van der Waals surface area (Å²) in [6.45, 7) is 6.57. The molecule has 0 aliphatic rings. The quantitative estimate of drug-likeness (QED) is 0.0262. The van der Waals surface area contributed by atoms with Crippen LogP contribution >= 0.6 is 0 Å². The SMILES string of the molecule is CCC/C=C\CCCCCCCC(=O)OCC(COC(=O)CCCCCCCCC/C=C\CCCCCCCC)OC(=O)CCCCCCC/C=C\CCCCCCCCC. The first kappa shape index (κ1) is 58.6. The Morgan fingerprint density at radius 1 is 0.311 bits per heavy atom. The van der Waals surface area contributed by atoms with Gasteiger partial charge in [0.05, 0.1) is 0 Å². The molecule has 0 heterocycles. The lowest BCUT2D eigenvalue weighted by Gasteiger charge is -2.18. The summed E-state index contributed by atoms with van der Waals surface area (Å²) in [5, 5.41) is 0. The van der Waals surface area contributed by atoms with Gasteiger partial charge in [-0.15, -0.1) is 0 Å². The molecule has 0 aromatic heterocycles. The van der Waals surface area contributed by atoms with Gasteiger partial charge in [-0.2, -0.15) is 0 Å². The number of unbranched alkanes of at least 4 members (excludes halogenated alkanes) is 31. The summed E-state index contributed by atoms with van der Waals surface area (Å²) in [5.41, 5.74) is 0. The molecule has 1 atom stereocenters. The van der Waals surface area contributed by atoms with E-state index >= 15 is 0 Å². The van der Waals surface area contributed by atoms with Crippen LogP contribution in [-0.2, 0) is 28.6 Å². The number of ether oxygens (including phenoxy) is 3. The third-order valence-electron chi connectivity index (χ3n) is 11.6. The highest BCUT2D eigenvalue weighted by molar-refractivity contribution is 5.71. The molecule has 1 unspecified atom stereocenters. The van der Waals surface area contributed by atoms with E-state index in [9.17, 15) is 14.4 Å². The van der Waals surface area contributed by atoms with Crippen molar-refractivity contribution >= 4 is 17.9 Å². The van der Waals surface area contributed by atoms with E-state index in [0.717, 1.165) is 77.0 Å². The molecular weight excluding hydrogens is 757 g/mol. The molecule has 0 aliphatic carbocycles. The molecule has 0 amide bonds. The third kappa shape index (κ3) is 48.5. The lowest BCUT2D eigenvalue weighted by Crippen LogP contribution is -2.30. The van der Waals surface area contributed by atoms with Gasteiger partial charge in [-0.3, -0.25) is 14.4 Å². The summed E-state index contributed by atoms with van der Waals surface area (Å²) in [6, 6.07) is 0. The molecule has 6 nitrogen and oxygen atoms in total. The highest BCUT2D eigenvalue weighted by Crippen LogP contribution is 2.15. The minimum atomic E-state index is -0.778. The Kier molecular flexibility index (Phi) is 48.3. The van der Waals surface area contributed by atoms with Gasteiger partial charge < -0.3 is 14.2 Å². The Labute approximate surface area is 378 Å². The molecule has 0 aliphatic heterocycles. The van der Waals surface area contributed by atoms with Gasteiger partial charge in [0, 0.05) is 19.3 Å². The van der Waals surface area contributed by atoms with Crippen molar-refractivity contribution in [2.24, 2.45) is 0 Å². The zero-order valence-corrected chi connectivity index (χ0v) is 40.7. The van der Waals surface area contributed by atoms with Crippen molar-refractivity contribution in [2.75, 3.05) is 13.2 Å². The maximum atomic E-state index is 12.8. The summed E-state index contributed by atoms with van der Waals surface area (Å²) < 4.78 is 16.8. The maximum absolute atomic E-state index is 12.8. The maximum Gasteiger partial charge on any atom is 0.306 e. The molecule has 6 heteroatoms. The van der Waals surface area contributed by atoms with Crippen molar-refractivity contribution in [3.63, 3.8) is 0 Å². The Hall–Kier alpha value is -2.37. The van der Waals surface area contributed by atoms with Crippen LogP contribution < -0.4 is 0 Å². The molecule has 61 heavy (non-hydrogen) atoms. The van der Waals surface area contributed by atoms with Crippen LogP contribution in [-0.4, -0.2) is 37.2 Å². The second-order valence-electron chi connectivity index (χ2n) is 17.8. The Balaban J connectivity index is 4.33. The van der Waals surface area contributed by atoms with Gasteiger partial charge in [0.1, 0.15) is 13.2 Å². The molecule has 356 valence electrons. The molecule has 0 aromatic rings. The first-order valence-corrected chi connectivity index (χ1v) is 26.5. The topological polar surface area (TPSA) is 78.9 Å². The van der Waals surface area contributed by atoms with E-state index in [0.29, 0.717) is 19.3 Å². The van der Waals surface area contributed by atoms with Crippen LogP contribution in [0.4, 0.5) is 0 Å². The molecule has 0 spiro atoms. The van der Waals surface area contributed by atoms with Gasteiger partial charge in [-0.05, 0) is 89.9 Å². The van der Waals surface area contributed by atoms with E-state index < -0.39 is 6.10 Å². The van der Waals surface area contributed by atoms with E-state index in [1.54, 1.807) is 0 Å². The third-order valence-corrected chi connectivity index (χ3v) is 11.6. The van der Waals surface area contributed by atoms with Gasteiger partial charge >= 0.3 is 17.9 Å². The molecular formula is C55H100O6. The lowest BCUT2D eigenvalue weighted by molar-refractivity contribution is -0.167. The fourth-order valence-corrected chi connectivity index (χ4v) is 7.55. The Morgan fingerprint density at radius 3 is 0.885 bits per heavy atom. The normalized spacial score (nSPS) is 12.2. The first-order chi connectivity index (χ1) is 30.0. The lowest BCUT2D eigenvalue weighted by atomic mass is 10.1. The number of hydrogen-bond donors (Lipinski definition) is 0. The molecule has 0 rings (SSSR count). The molecule has 0 saturated heterocycles. The number of hydrogen-bond acceptors (Lipinski definition) is 6. The van der Waals surface area contributed by atoms with E-state index in [1.807, 2.05) is 0 Å². The minimum absolute atomic E-state index is 0.0789. The van der Waals surface area contributed by atoms with Crippen LogP contribution in [0, 0.1) is 0 Å². The molecule has 0 bridgehead atoms. The smallest absolute Gasteiger partial charge is 0.306 e. The van der Waals surface area contributed by atoms with Crippen LogP contribution in [0.2, 0.25) is 0 Å². The largest absolute Gasteiger partial charge is 0.462 e. The van der Waals surface area contributed by atoms with E-state index in [1.165, 1.54) is 161 Å². The second-order valence-corrected chi connectivity index (χ2v) is 17.8. The zero-order valence-electron chi connectivity index (χ0n) is 40.7. The van der Waals surface area contributed by atoms with Crippen LogP contribution in [0.3, 0.4) is 0 Å². The predicted molar refractivity (Wildman–Crippen MR) is 261 cm³/mol. The van der Waals surface area contributed by atoms with E-state index in [-0.39, 0.29) is 31.1 Å². The van der Waals surface area contributed by atoms with Crippen molar-refractivity contribution in [3.8, 4) is 0 Å². The van der Waals surface area contributed by atoms with Crippen LogP contribution in [0.25, 0.3) is 0 Å². The predicted octanol–water partition coefficient (Wildman–Crippen LogP) is 17.3. The minimum Gasteiger partial charge on any atom is -0.462 e. The summed E-state index contributed by atoms with van der Waals surface area (Å²) in [7, 11) is 0. The summed E-state index contributed by atoms with van der Waals surface area (Å²) in [5.74, 6) is -0.893. The second kappa shape index (κ2) is 50.3. The van der Waals surface area contributed by atoms with Crippen LogP contribution in [0.5, 0.6) is 0 Å². The molecule has 0 saturated carbocycles. The summed E-state index contributed by atoms with van der Waals surface area (Å²) >= 11 is 0. The zero-order chi connectivity index (χ0) is 44.4. The molecule has 0 aromatic carbocycles. The molecule has 0 fully saturated rings. The van der Waals surface area contributed by atoms with Crippen LogP contribution in [0.1, 0.15) is 278 Å². The number of carbonyl (C=O) groups is 3. The van der Waals surface area contributed by atoms with Gasteiger partial charge in [-0.25, -0.2) is 0 Å². The Morgan fingerprint density at radius 2 is 0.574 bits per heavy atom. The number of esters is 3. The van der Waals surface area contributed by atoms with Crippen molar-refractivity contribution < 1.29 is 28.6 Å². The van der Waals surface area contributed by atoms with Gasteiger partial charge in [0.25, 0.3) is 0 Å². The van der Waals surface area contributed by atoms with E-state index in [2.05, 4.69) is 57.2 Å². The van der Waals surface area contributed by atoms with Gasteiger partial charge in [0.2, 0.25) is 0 Å². The average Bonchev–Trinajstić information content (AvgIpc) is 3.26. The Bertz CT molecular complexity index is 1030. The summed E-state index contributed by atoms with van der Waals surface area (Å²) in [4.78, 5) is 37.9. The van der Waals surface area contributed by atoms with Crippen molar-refractivity contribution in [1.29, 1.82) is 0 Å². The average molecular weight is 857 g/mol. The van der Waals surface area contributed by atoms with E-state index in [4.69, 9.17) is 14.2 Å². The first-order valence-electron chi connectivity index (χ1n) is 26.5. The van der Waals surface area contributed by atoms with Crippen LogP contribution in [0.15, 0.2) is 36.5 Å².